The molecular formula is C12H14ClO4PSe. The minimum atomic E-state index is -2.68. The predicted octanol–water partition coefficient (Wildman–Crippen LogP) is 3.42. The molecule has 7 heteroatoms. The van der Waals surface area contributed by atoms with Crippen LogP contribution in [0.4, 0.5) is 0 Å². The van der Waals surface area contributed by atoms with Gasteiger partial charge < -0.3 is 0 Å². The molecule has 0 spiro atoms. The van der Waals surface area contributed by atoms with Crippen molar-refractivity contribution in [2.45, 2.75) is 13.8 Å². The summed E-state index contributed by atoms with van der Waals surface area (Å²) in [6, 6.07) is 6.47. The van der Waals surface area contributed by atoms with Crippen molar-refractivity contribution in [2.75, 3.05) is 13.2 Å². The third kappa shape index (κ3) is 4.16. The molecule has 0 saturated carbocycles. The van der Waals surface area contributed by atoms with E-state index < -0.39 is 12.2 Å². The van der Waals surface area contributed by atoms with E-state index in [4.69, 9.17) is 25.2 Å². The van der Waals surface area contributed by atoms with Crippen LogP contribution in [-0.4, -0.2) is 34.3 Å². The van der Waals surface area contributed by atoms with Gasteiger partial charge in [-0.2, -0.15) is 0 Å². The molecule has 1 heterocycles. The summed E-state index contributed by atoms with van der Waals surface area (Å²) in [6.45, 7) is 5.03. The van der Waals surface area contributed by atoms with Gasteiger partial charge in [0.1, 0.15) is 0 Å². The van der Waals surface area contributed by atoms with Gasteiger partial charge in [-0.25, -0.2) is 0 Å². The molecule has 0 aliphatic carbocycles. The van der Waals surface area contributed by atoms with Crippen molar-refractivity contribution >= 4 is 38.9 Å². The van der Waals surface area contributed by atoms with Crippen LogP contribution in [0.3, 0.4) is 0 Å². The molecule has 0 aromatic heterocycles. The third-order valence-electron chi connectivity index (χ3n) is 2.50. The van der Waals surface area contributed by atoms with Crippen molar-refractivity contribution in [3.05, 3.63) is 34.9 Å². The number of hydrogen-bond acceptors (Lipinski definition) is 4. The second-order valence-electron chi connectivity index (χ2n) is 5.04. The fourth-order valence-electron chi connectivity index (χ4n) is 1.38. The minimum absolute atomic E-state index is 0.0694. The third-order valence-corrected chi connectivity index (χ3v) is 5.83. The number of rotatable bonds is 2. The Labute approximate surface area is 124 Å². The summed E-state index contributed by atoms with van der Waals surface area (Å²) >= 11 is 8.51. The van der Waals surface area contributed by atoms with E-state index in [1.807, 2.05) is 13.8 Å². The number of halogens is 1. The molecule has 1 fully saturated rings. The van der Waals surface area contributed by atoms with Crippen molar-refractivity contribution < 1.29 is 18.4 Å². The molecule has 0 N–H and O–H groups in total. The van der Waals surface area contributed by atoms with Crippen LogP contribution in [0.1, 0.15) is 24.2 Å². The molecule has 0 atom stereocenters. The Morgan fingerprint density at radius 3 is 2.37 bits per heavy atom. The molecule has 19 heavy (non-hydrogen) atoms. The van der Waals surface area contributed by atoms with Crippen molar-refractivity contribution in [3.63, 3.8) is 0 Å². The molecule has 1 aromatic carbocycles. The second kappa shape index (κ2) is 5.69. The standard InChI is InChI=1S/C12H14ClO4PSe/c1-12(2)7-15-18(19,16-8-12)17-11(14)9-3-5-10(13)6-4-9/h3-6H,7-8H2,1-2H3. The topological polar surface area (TPSA) is 44.8 Å². The van der Waals surface area contributed by atoms with E-state index in [9.17, 15) is 4.79 Å². The van der Waals surface area contributed by atoms with Gasteiger partial charge in [0.25, 0.3) is 0 Å². The molecule has 0 radical (unpaired) electrons. The van der Waals surface area contributed by atoms with E-state index in [1.54, 1.807) is 24.3 Å². The summed E-state index contributed by atoms with van der Waals surface area (Å²) < 4.78 is 16.4. The Hall–Kier alpha value is -0.151. The first-order valence-corrected chi connectivity index (χ1v) is 9.82. The van der Waals surface area contributed by atoms with Crippen molar-refractivity contribution in [2.24, 2.45) is 5.41 Å². The van der Waals surface area contributed by atoms with Crippen molar-refractivity contribution in [1.82, 2.24) is 0 Å². The van der Waals surface area contributed by atoms with Gasteiger partial charge in [0.05, 0.1) is 0 Å². The molecule has 0 bridgehead atoms. The summed E-state index contributed by atoms with van der Waals surface area (Å²) in [4.78, 5) is 12.0. The van der Waals surface area contributed by atoms with Crippen molar-refractivity contribution in [3.8, 4) is 0 Å². The molecular weight excluding hydrogens is 354 g/mol. The first kappa shape index (κ1) is 15.2. The average molecular weight is 368 g/mol. The number of benzene rings is 1. The van der Waals surface area contributed by atoms with Crippen LogP contribution in [-0.2, 0) is 13.6 Å². The molecule has 1 aliphatic heterocycles. The van der Waals surface area contributed by atoms with E-state index in [2.05, 4.69) is 15.1 Å². The molecule has 0 unspecified atom stereocenters. The molecule has 1 saturated heterocycles. The van der Waals surface area contributed by atoms with E-state index in [-0.39, 0.29) is 5.41 Å². The first-order valence-electron chi connectivity index (χ1n) is 5.68. The SMILES string of the molecule is CC1(C)COP(=[Se])(OC(=O)c2ccc(Cl)cc2)OC1. The Balaban J connectivity index is 2.03. The molecule has 2 rings (SSSR count). The number of carbonyl (C=O) groups excluding carboxylic acids is 1. The second-order valence-corrected chi connectivity index (χ2v) is 9.89. The van der Waals surface area contributed by atoms with Gasteiger partial charge in [0, 0.05) is 0 Å². The summed E-state index contributed by atoms with van der Waals surface area (Å²) in [5, 5.41) is 0.566. The maximum atomic E-state index is 12.0. The first-order chi connectivity index (χ1) is 8.80. The molecule has 0 amide bonds. The number of hydrogen-bond donors (Lipinski definition) is 0. The molecule has 1 aromatic rings. The van der Waals surface area contributed by atoms with Gasteiger partial charge in [0.2, 0.25) is 0 Å². The zero-order valence-electron chi connectivity index (χ0n) is 10.6. The Morgan fingerprint density at radius 1 is 1.32 bits per heavy atom. The van der Waals surface area contributed by atoms with Crippen molar-refractivity contribution in [1.29, 1.82) is 0 Å². The van der Waals surface area contributed by atoms with Crippen LogP contribution in [0.25, 0.3) is 0 Å². The van der Waals surface area contributed by atoms with Crippen LogP contribution in [0.15, 0.2) is 24.3 Å². The summed E-state index contributed by atoms with van der Waals surface area (Å²) in [6.07, 6.45) is -2.68. The van der Waals surface area contributed by atoms with Gasteiger partial charge in [-0.3, -0.25) is 0 Å². The van der Waals surface area contributed by atoms with E-state index >= 15 is 0 Å². The number of carbonyl (C=O) groups is 1. The quantitative estimate of drug-likeness (QED) is 0.593. The molecule has 104 valence electrons. The zero-order chi connectivity index (χ0) is 14.1. The van der Waals surface area contributed by atoms with Gasteiger partial charge >= 0.3 is 125 Å². The summed E-state index contributed by atoms with van der Waals surface area (Å²) in [5.41, 5.74) is 0.344. The molecule has 1 aliphatic rings. The monoisotopic (exact) mass is 368 g/mol. The Kier molecular flexibility index (Phi) is 4.56. The van der Waals surface area contributed by atoms with Crippen LogP contribution >= 0.6 is 17.8 Å². The summed E-state index contributed by atoms with van der Waals surface area (Å²) in [7, 11) is 0. The Morgan fingerprint density at radius 2 is 1.84 bits per heavy atom. The molecule has 4 nitrogen and oxygen atoms in total. The Bertz CT molecular complexity index is 515. The average Bonchev–Trinajstić information content (AvgIpc) is 2.34. The maximum absolute atomic E-state index is 12.0. The van der Waals surface area contributed by atoms with Crippen LogP contribution in [0.2, 0.25) is 5.02 Å². The predicted molar refractivity (Wildman–Crippen MR) is 75.2 cm³/mol. The van der Waals surface area contributed by atoms with Gasteiger partial charge in [-0.15, -0.1) is 0 Å². The van der Waals surface area contributed by atoms with E-state index in [0.29, 0.717) is 23.8 Å². The fourth-order valence-corrected chi connectivity index (χ4v) is 4.10. The van der Waals surface area contributed by atoms with E-state index in [1.165, 1.54) is 0 Å². The normalized spacial score (nSPS) is 20.8. The van der Waals surface area contributed by atoms with Gasteiger partial charge in [-0.05, 0) is 0 Å². The zero-order valence-corrected chi connectivity index (χ0v) is 14.0. The van der Waals surface area contributed by atoms with Crippen LogP contribution < -0.4 is 0 Å². The fraction of sp³-hybridized carbons (Fsp3) is 0.417. The van der Waals surface area contributed by atoms with Gasteiger partial charge in [0.15, 0.2) is 0 Å². The van der Waals surface area contributed by atoms with Crippen LogP contribution in [0, 0.1) is 5.41 Å². The van der Waals surface area contributed by atoms with Gasteiger partial charge in [-0.1, -0.05) is 0 Å². The summed E-state index contributed by atoms with van der Waals surface area (Å²) in [5.74, 6) is -0.483. The van der Waals surface area contributed by atoms with Crippen LogP contribution in [0.5, 0.6) is 0 Å². The van der Waals surface area contributed by atoms with E-state index in [0.717, 1.165) is 0 Å².